The van der Waals surface area contributed by atoms with E-state index >= 15 is 0 Å². The van der Waals surface area contributed by atoms with Crippen LogP contribution in [-0.2, 0) is 4.74 Å². The third-order valence-corrected chi connectivity index (χ3v) is 2.93. The summed E-state index contributed by atoms with van der Waals surface area (Å²) in [5.74, 6) is 1.49. The molecule has 0 saturated carbocycles. The number of rotatable bonds is 6. The topological polar surface area (TPSA) is 25.4 Å². The summed E-state index contributed by atoms with van der Waals surface area (Å²) in [7, 11) is 1.69. The molecule has 1 heterocycles. The van der Waals surface area contributed by atoms with Gasteiger partial charge < -0.3 is 9.64 Å². The molecular weight excluding hydrogens is 291 g/mol. The van der Waals surface area contributed by atoms with Gasteiger partial charge >= 0.3 is 0 Å². The van der Waals surface area contributed by atoms with Gasteiger partial charge in [-0.1, -0.05) is 0 Å². The number of anilines is 1. The highest BCUT2D eigenvalue weighted by Crippen LogP contribution is 2.24. The Morgan fingerprint density at radius 3 is 2.81 bits per heavy atom. The third-order valence-electron chi connectivity index (χ3n) is 2.18. The Morgan fingerprint density at radius 1 is 1.50 bits per heavy atom. The fourth-order valence-electron chi connectivity index (χ4n) is 1.39. The first-order valence-electron chi connectivity index (χ1n) is 5.11. The average Bonchev–Trinajstić information content (AvgIpc) is 2.25. The molecule has 0 bridgehead atoms. The lowest BCUT2D eigenvalue weighted by molar-refractivity contribution is 0.205. The van der Waals surface area contributed by atoms with Crippen molar-refractivity contribution in [3.8, 4) is 0 Å². The van der Waals surface area contributed by atoms with Gasteiger partial charge in [0.15, 0.2) is 0 Å². The van der Waals surface area contributed by atoms with Gasteiger partial charge in [0.1, 0.15) is 5.82 Å². The molecule has 0 aliphatic heterocycles. The van der Waals surface area contributed by atoms with Crippen molar-refractivity contribution >= 4 is 33.3 Å². The summed E-state index contributed by atoms with van der Waals surface area (Å²) >= 11 is 9.30. The fourth-order valence-corrected chi connectivity index (χ4v) is 2.30. The van der Waals surface area contributed by atoms with Gasteiger partial charge in [-0.15, -0.1) is 11.6 Å². The molecule has 0 aliphatic carbocycles. The fraction of sp³-hybridized carbons (Fsp3) is 0.545. The van der Waals surface area contributed by atoms with Crippen molar-refractivity contribution in [1.82, 2.24) is 4.98 Å². The van der Waals surface area contributed by atoms with E-state index in [9.17, 15) is 0 Å². The van der Waals surface area contributed by atoms with E-state index in [1.165, 1.54) is 0 Å². The number of nitrogens with zero attached hydrogens (tertiary/aromatic N) is 2. The molecule has 3 nitrogen and oxygen atoms in total. The lowest BCUT2D eigenvalue weighted by atomic mass is 10.3. The monoisotopic (exact) mass is 306 g/mol. The second kappa shape index (κ2) is 7.09. The van der Waals surface area contributed by atoms with E-state index in [0.29, 0.717) is 12.5 Å². The number of hydrogen-bond donors (Lipinski definition) is 0. The molecule has 5 heteroatoms. The van der Waals surface area contributed by atoms with Gasteiger partial charge in [0.25, 0.3) is 0 Å². The number of alkyl halides is 1. The van der Waals surface area contributed by atoms with E-state index in [2.05, 4.69) is 31.9 Å². The molecule has 0 spiro atoms. The molecule has 0 amide bonds. The number of ether oxygens (including phenoxy) is 1. The number of pyridine rings is 1. The van der Waals surface area contributed by atoms with Crippen LogP contribution in [0, 0.1) is 6.92 Å². The molecule has 1 rings (SSSR count). The minimum atomic E-state index is 0.575. The summed E-state index contributed by atoms with van der Waals surface area (Å²) in [6.45, 7) is 4.24. The zero-order valence-electron chi connectivity index (χ0n) is 9.54. The molecule has 1 aromatic rings. The number of halogens is 2. The van der Waals surface area contributed by atoms with Crippen molar-refractivity contribution in [1.29, 1.82) is 0 Å². The minimum absolute atomic E-state index is 0.575. The van der Waals surface area contributed by atoms with Gasteiger partial charge in [0.05, 0.1) is 11.1 Å². The lowest BCUT2D eigenvalue weighted by Gasteiger charge is -2.23. The maximum Gasteiger partial charge on any atom is 0.142 e. The standard InChI is InChI=1S/C11H16BrClN2O/c1-9-7-10(12)11(14-8-9)15(4-3-13)5-6-16-2/h7-8H,3-6H2,1-2H3. The third kappa shape index (κ3) is 3.92. The van der Waals surface area contributed by atoms with Gasteiger partial charge in [-0.25, -0.2) is 4.98 Å². The second-order valence-corrected chi connectivity index (χ2v) is 4.72. The van der Waals surface area contributed by atoms with Crippen LogP contribution in [0.2, 0.25) is 0 Å². The highest BCUT2D eigenvalue weighted by atomic mass is 79.9. The number of aromatic nitrogens is 1. The molecule has 0 aliphatic rings. The van der Waals surface area contributed by atoms with E-state index in [0.717, 1.165) is 28.9 Å². The summed E-state index contributed by atoms with van der Waals surface area (Å²) in [6.07, 6.45) is 1.86. The van der Waals surface area contributed by atoms with Gasteiger partial charge in [-0.2, -0.15) is 0 Å². The number of methoxy groups -OCH3 is 1. The maximum absolute atomic E-state index is 5.78. The van der Waals surface area contributed by atoms with Crippen molar-refractivity contribution in [3.05, 3.63) is 22.3 Å². The summed E-state index contributed by atoms with van der Waals surface area (Å²) < 4.78 is 6.07. The molecule has 0 aromatic carbocycles. The van der Waals surface area contributed by atoms with E-state index in [1.807, 2.05) is 13.1 Å². The van der Waals surface area contributed by atoms with Crippen LogP contribution < -0.4 is 4.90 Å². The van der Waals surface area contributed by atoms with Gasteiger partial charge in [-0.3, -0.25) is 0 Å². The average molecular weight is 308 g/mol. The zero-order chi connectivity index (χ0) is 12.0. The molecule has 1 aromatic heterocycles. The van der Waals surface area contributed by atoms with E-state index in [-0.39, 0.29) is 0 Å². The van der Waals surface area contributed by atoms with Crippen molar-refractivity contribution in [2.75, 3.05) is 37.6 Å². The van der Waals surface area contributed by atoms with Gasteiger partial charge in [-0.05, 0) is 34.5 Å². The van der Waals surface area contributed by atoms with Crippen LogP contribution in [0.25, 0.3) is 0 Å². The Hall–Kier alpha value is -0.320. The number of hydrogen-bond acceptors (Lipinski definition) is 3. The molecule has 90 valence electrons. The molecule has 0 radical (unpaired) electrons. The Balaban J connectivity index is 2.82. The van der Waals surface area contributed by atoms with Crippen LogP contribution in [0.3, 0.4) is 0 Å². The first-order valence-corrected chi connectivity index (χ1v) is 6.43. The van der Waals surface area contributed by atoms with Crippen molar-refractivity contribution in [3.63, 3.8) is 0 Å². The van der Waals surface area contributed by atoms with Crippen LogP contribution in [0.1, 0.15) is 5.56 Å². The van der Waals surface area contributed by atoms with E-state index in [1.54, 1.807) is 7.11 Å². The predicted molar refractivity (Wildman–Crippen MR) is 71.5 cm³/mol. The summed E-state index contributed by atoms with van der Waals surface area (Å²) in [4.78, 5) is 6.53. The maximum atomic E-state index is 5.78. The molecule has 0 atom stereocenters. The summed E-state index contributed by atoms with van der Waals surface area (Å²) in [5, 5.41) is 0. The van der Waals surface area contributed by atoms with Crippen LogP contribution in [0.5, 0.6) is 0 Å². The molecule has 0 N–H and O–H groups in total. The number of aryl methyl sites for hydroxylation is 1. The van der Waals surface area contributed by atoms with Crippen LogP contribution in [0.4, 0.5) is 5.82 Å². The van der Waals surface area contributed by atoms with E-state index in [4.69, 9.17) is 16.3 Å². The minimum Gasteiger partial charge on any atom is -0.383 e. The van der Waals surface area contributed by atoms with Crippen LogP contribution >= 0.6 is 27.5 Å². The Labute approximate surface area is 110 Å². The van der Waals surface area contributed by atoms with Gasteiger partial charge in [0, 0.05) is 32.3 Å². The predicted octanol–water partition coefficient (Wildman–Crippen LogP) is 2.84. The van der Waals surface area contributed by atoms with Crippen LogP contribution in [0.15, 0.2) is 16.7 Å². The van der Waals surface area contributed by atoms with Gasteiger partial charge in [0.2, 0.25) is 0 Å². The highest BCUT2D eigenvalue weighted by Gasteiger charge is 2.10. The van der Waals surface area contributed by atoms with Crippen LogP contribution in [-0.4, -0.2) is 37.7 Å². The molecule has 16 heavy (non-hydrogen) atoms. The zero-order valence-corrected chi connectivity index (χ0v) is 11.9. The Morgan fingerprint density at radius 2 is 2.25 bits per heavy atom. The quantitative estimate of drug-likeness (QED) is 0.756. The second-order valence-electron chi connectivity index (χ2n) is 3.49. The Kier molecular flexibility index (Phi) is 6.09. The highest BCUT2D eigenvalue weighted by molar-refractivity contribution is 9.10. The SMILES string of the molecule is COCCN(CCCl)c1ncc(C)cc1Br. The summed E-state index contributed by atoms with van der Waals surface area (Å²) in [5.41, 5.74) is 1.13. The first-order chi connectivity index (χ1) is 7.69. The van der Waals surface area contributed by atoms with E-state index < -0.39 is 0 Å². The Bertz CT molecular complexity index is 336. The molecular formula is C11H16BrClN2O. The molecule has 0 saturated heterocycles. The van der Waals surface area contributed by atoms with Crippen molar-refractivity contribution < 1.29 is 4.74 Å². The van der Waals surface area contributed by atoms with Crippen molar-refractivity contribution in [2.45, 2.75) is 6.92 Å². The molecule has 0 unspecified atom stereocenters. The smallest absolute Gasteiger partial charge is 0.142 e. The lowest BCUT2D eigenvalue weighted by Crippen LogP contribution is -2.30. The normalized spacial score (nSPS) is 10.5. The largest absolute Gasteiger partial charge is 0.383 e. The van der Waals surface area contributed by atoms with Crippen molar-refractivity contribution in [2.24, 2.45) is 0 Å². The molecule has 0 fully saturated rings. The first kappa shape index (κ1) is 13.7. The summed E-state index contributed by atoms with van der Waals surface area (Å²) in [6, 6.07) is 2.05.